The molecular weight excluding hydrogens is 298 g/mol. The summed E-state index contributed by atoms with van der Waals surface area (Å²) in [4.78, 5) is 11.6. The van der Waals surface area contributed by atoms with E-state index in [0.717, 1.165) is 30.7 Å². The van der Waals surface area contributed by atoms with Gasteiger partial charge in [0.2, 0.25) is 5.16 Å². The molecule has 0 aliphatic rings. The molecule has 2 aromatic rings. The van der Waals surface area contributed by atoms with Gasteiger partial charge in [0.05, 0.1) is 0 Å². The fourth-order valence-corrected chi connectivity index (χ4v) is 2.82. The molecule has 2 rings (SSSR count). The van der Waals surface area contributed by atoms with Crippen molar-refractivity contribution in [2.24, 2.45) is 0 Å². The van der Waals surface area contributed by atoms with Gasteiger partial charge in [0.15, 0.2) is 5.82 Å². The maximum absolute atomic E-state index is 11.6. The molecule has 22 heavy (non-hydrogen) atoms. The lowest BCUT2D eigenvalue weighted by molar-refractivity contribution is 0.0963. The lowest BCUT2D eigenvalue weighted by atomic mass is 10.1. The number of unbranched alkanes of at least 4 members (excludes halogenated alkanes) is 1. The molecule has 1 aromatic heterocycles. The number of hydrogen-bond acceptors (Lipinski definition) is 5. The van der Waals surface area contributed by atoms with E-state index < -0.39 is 0 Å². The van der Waals surface area contributed by atoms with Gasteiger partial charge in [0.1, 0.15) is 0 Å². The van der Waals surface area contributed by atoms with Crippen molar-refractivity contribution >= 4 is 17.7 Å². The van der Waals surface area contributed by atoms with Crippen molar-refractivity contribution < 1.29 is 4.79 Å². The van der Waals surface area contributed by atoms with Crippen LogP contribution in [-0.2, 0) is 12.2 Å². The molecule has 0 fully saturated rings. The monoisotopic (exact) mass is 319 g/mol. The van der Waals surface area contributed by atoms with Crippen LogP contribution in [0.3, 0.4) is 0 Å². The predicted molar refractivity (Wildman–Crippen MR) is 88.2 cm³/mol. The third-order valence-corrected chi connectivity index (χ3v) is 4.29. The van der Waals surface area contributed by atoms with E-state index in [9.17, 15) is 4.79 Å². The molecule has 6 nitrogen and oxygen atoms in total. The number of nitrogens with one attached hydrogen (secondary N) is 1. The van der Waals surface area contributed by atoms with E-state index in [0.29, 0.717) is 16.5 Å². The number of carbonyl (C=O) groups excluding carboxylic acids is 1. The van der Waals surface area contributed by atoms with Crippen LogP contribution in [0.15, 0.2) is 29.4 Å². The molecule has 3 N–H and O–H groups in total. The van der Waals surface area contributed by atoms with Crippen molar-refractivity contribution in [3.05, 3.63) is 41.2 Å². The lowest BCUT2D eigenvalue weighted by Crippen LogP contribution is -2.17. The van der Waals surface area contributed by atoms with Crippen molar-refractivity contribution in [2.75, 3.05) is 12.9 Å². The van der Waals surface area contributed by atoms with E-state index in [2.05, 4.69) is 22.4 Å². The molecule has 0 aliphatic heterocycles. The Balaban J connectivity index is 2.01. The molecular formula is C15H21N5OS. The van der Waals surface area contributed by atoms with Crippen LogP contribution in [0.25, 0.3) is 0 Å². The van der Waals surface area contributed by atoms with Crippen LogP contribution in [0.1, 0.15) is 41.5 Å². The van der Waals surface area contributed by atoms with E-state index in [1.165, 1.54) is 11.8 Å². The smallest absolute Gasteiger partial charge is 0.251 e. The quantitative estimate of drug-likeness (QED) is 0.602. The summed E-state index contributed by atoms with van der Waals surface area (Å²) in [7, 11) is 1.62. The van der Waals surface area contributed by atoms with Crippen LogP contribution < -0.4 is 11.2 Å². The Bertz CT molecular complexity index is 641. The second-order valence-electron chi connectivity index (χ2n) is 4.94. The SMILES string of the molecule is CCCCc1nnc(SCc2cccc(C(=O)NC)c2)n1N. The normalized spacial score (nSPS) is 10.6. The molecule has 1 amide bonds. The number of nitrogen functional groups attached to an aromatic ring is 1. The molecule has 0 atom stereocenters. The standard InChI is InChI=1S/C15H21N5OS/c1-3-4-8-13-18-19-15(20(13)16)22-10-11-6-5-7-12(9-11)14(21)17-2/h5-7,9H,3-4,8,10,16H2,1-2H3,(H,17,21). The second-order valence-corrected chi connectivity index (χ2v) is 5.88. The van der Waals surface area contributed by atoms with Gasteiger partial charge in [-0.15, -0.1) is 10.2 Å². The van der Waals surface area contributed by atoms with Crippen LogP contribution in [-0.4, -0.2) is 27.8 Å². The number of aryl methyl sites for hydroxylation is 1. The Labute approximate surface area is 134 Å². The number of benzene rings is 1. The highest BCUT2D eigenvalue weighted by molar-refractivity contribution is 7.98. The van der Waals surface area contributed by atoms with Crippen molar-refractivity contribution in [2.45, 2.75) is 37.1 Å². The average molecular weight is 319 g/mol. The summed E-state index contributed by atoms with van der Waals surface area (Å²) in [6, 6.07) is 7.53. The molecule has 0 bridgehead atoms. The number of aromatic nitrogens is 3. The lowest BCUT2D eigenvalue weighted by Gasteiger charge is -2.05. The van der Waals surface area contributed by atoms with Crippen LogP contribution in [0.5, 0.6) is 0 Å². The first-order valence-corrected chi connectivity index (χ1v) is 8.27. The molecule has 1 aromatic carbocycles. The number of amides is 1. The Morgan fingerprint density at radius 2 is 2.23 bits per heavy atom. The Hall–Kier alpha value is -2.02. The third-order valence-electron chi connectivity index (χ3n) is 3.27. The van der Waals surface area contributed by atoms with Gasteiger partial charge in [-0.05, 0) is 24.1 Å². The van der Waals surface area contributed by atoms with Crippen molar-refractivity contribution in [1.29, 1.82) is 0 Å². The fraction of sp³-hybridized carbons (Fsp3) is 0.400. The highest BCUT2D eigenvalue weighted by atomic mass is 32.2. The third kappa shape index (κ3) is 4.00. The summed E-state index contributed by atoms with van der Waals surface area (Å²) in [5, 5.41) is 11.6. The maximum Gasteiger partial charge on any atom is 0.251 e. The number of nitrogens with zero attached hydrogens (tertiary/aromatic N) is 3. The molecule has 0 saturated heterocycles. The summed E-state index contributed by atoms with van der Waals surface area (Å²) in [5.41, 5.74) is 1.70. The Morgan fingerprint density at radius 3 is 2.95 bits per heavy atom. The van der Waals surface area contributed by atoms with E-state index in [4.69, 9.17) is 5.84 Å². The highest BCUT2D eigenvalue weighted by Gasteiger charge is 2.10. The van der Waals surface area contributed by atoms with Crippen LogP contribution in [0.4, 0.5) is 0 Å². The fourth-order valence-electron chi connectivity index (χ4n) is 2.01. The number of thioether (sulfide) groups is 1. The van der Waals surface area contributed by atoms with Gasteiger partial charge < -0.3 is 11.2 Å². The van der Waals surface area contributed by atoms with Gasteiger partial charge in [0, 0.05) is 24.8 Å². The van der Waals surface area contributed by atoms with E-state index in [1.807, 2.05) is 18.2 Å². The minimum atomic E-state index is -0.0873. The molecule has 7 heteroatoms. The predicted octanol–water partition coefficient (Wildman–Crippen LogP) is 1.99. The Kier molecular flexibility index (Phi) is 5.83. The van der Waals surface area contributed by atoms with Gasteiger partial charge >= 0.3 is 0 Å². The number of carbonyl (C=O) groups is 1. The minimum absolute atomic E-state index is 0.0873. The number of rotatable bonds is 7. The molecule has 1 heterocycles. The van der Waals surface area contributed by atoms with E-state index in [1.54, 1.807) is 17.8 Å². The number of hydrogen-bond donors (Lipinski definition) is 2. The van der Waals surface area contributed by atoms with Crippen molar-refractivity contribution in [3.63, 3.8) is 0 Å². The first-order chi connectivity index (χ1) is 10.7. The molecule has 118 valence electrons. The van der Waals surface area contributed by atoms with Gasteiger partial charge in [-0.2, -0.15) is 0 Å². The summed E-state index contributed by atoms with van der Waals surface area (Å²) in [6.07, 6.45) is 2.99. The average Bonchev–Trinajstić information content (AvgIpc) is 2.90. The van der Waals surface area contributed by atoms with E-state index >= 15 is 0 Å². The van der Waals surface area contributed by atoms with Gasteiger partial charge in [0.25, 0.3) is 5.91 Å². The largest absolute Gasteiger partial charge is 0.355 e. The zero-order valence-electron chi connectivity index (χ0n) is 12.9. The van der Waals surface area contributed by atoms with Crippen LogP contribution in [0.2, 0.25) is 0 Å². The summed E-state index contributed by atoms with van der Waals surface area (Å²) in [5.74, 6) is 7.42. The topological polar surface area (TPSA) is 85.8 Å². The Morgan fingerprint density at radius 1 is 1.41 bits per heavy atom. The van der Waals surface area contributed by atoms with Crippen LogP contribution in [0, 0.1) is 0 Å². The maximum atomic E-state index is 11.6. The second kappa shape index (κ2) is 7.84. The van der Waals surface area contributed by atoms with Gasteiger partial charge in [-0.1, -0.05) is 37.2 Å². The zero-order chi connectivity index (χ0) is 15.9. The molecule has 0 saturated carbocycles. The molecule has 0 aliphatic carbocycles. The first kappa shape index (κ1) is 16.4. The molecule has 0 spiro atoms. The van der Waals surface area contributed by atoms with Gasteiger partial charge in [-0.25, -0.2) is 4.68 Å². The minimum Gasteiger partial charge on any atom is -0.355 e. The summed E-state index contributed by atoms with van der Waals surface area (Å²) >= 11 is 1.52. The first-order valence-electron chi connectivity index (χ1n) is 7.29. The summed E-state index contributed by atoms with van der Waals surface area (Å²) in [6.45, 7) is 2.13. The van der Waals surface area contributed by atoms with Gasteiger partial charge in [-0.3, -0.25) is 4.79 Å². The number of nitrogens with two attached hydrogens (primary N) is 1. The molecule has 0 radical (unpaired) electrons. The summed E-state index contributed by atoms with van der Waals surface area (Å²) < 4.78 is 1.56. The van der Waals surface area contributed by atoms with Crippen molar-refractivity contribution in [3.8, 4) is 0 Å². The van der Waals surface area contributed by atoms with Crippen molar-refractivity contribution in [1.82, 2.24) is 20.2 Å². The molecule has 0 unspecified atom stereocenters. The van der Waals surface area contributed by atoms with E-state index in [-0.39, 0.29) is 5.91 Å². The van der Waals surface area contributed by atoms with Crippen LogP contribution >= 0.6 is 11.8 Å². The zero-order valence-corrected chi connectivity index (χ0v) is 13.7. The highest BCUT2D eigenvalue weighted by Crippen LogP contribution is 2.21.